The van der Waals surface area contributed by atoms with Gasteiger partial charge in [-0.15, -0.1) is 5.06 Å². The van der Waals surface area contributed by atoms with Gasteiger partial charge in [-0.1, -0.05) is 0 Å². The number of ether oxygens (including phenoxy) is 3. The second kappa shape index (κ2) is 10.4. The van der Waals surface area contributed by atoms with Crippen LogP contribution in [0.4, 0.5) is 4.79 Å². The van der Waals surface area contributed by atoms with Crippen LogP contribution in [0.5, 0.6) is 0 Å². The zero-order valence-corrected chi connectivity index (χ0v) is 19.3. The Morgan fingerprint density at radius 3 is 1.88 bits per heavy atom. The number of hydroxylamine groups is 2. The molecule has 0 aromatic carbocycles. The Hall–Kier alpha value is -3.18. The van der Waals surface area contributed by atoms with Gasteiger partial charge in [0.25, 0.3) is 11.8 Å². The maximum atomic E-state index is 12.4. The zero-order chi connectivity index (χ0) is 24.9. The van der Waals surface area contributed by atoms with Crippen LogP contribution in [-0.2, 0) is 43.0 Å². The summed E-state index contributed by atoms with van der Waals surface area (Å²) < 4.78 is 15.2. The third kappa shape index (κ3) is 9.31. The Morgan fingerprint density at radius 2 is 1.41 bits per heavy atom. The molecule has 12 heteroatoms. The lowest BCUT2D eigenvalue weighted by molar-refractivity contribution is -0.205. The number of nitrogens with zero attached hydrogens (tertiary/aromatic N) is 1. The molecular formula is C20H30N2O10. The van der Waals surface area contributed by atoms with Crippen molar-refractivity contribution >= 4 is 35.8 Å². The van der Waals surface area contributed by atoms with Gasteiger partial charge in [0.15, 0.2) is 6.10 Å². The molecule has 1 rings (SSSR count). The highest BCUT2D eigenvalue weighted by Crippen LogP contribution is 2.15. The van der Waals surface area contributed by atoms with Crippen molar-refractivity contribution in [3.05, 3.63) is 0 Å². The fourth-order valence-corrected chi connectivity index (χ4v) is 2.30. The standard InChI is InChI=1S/C20H30N2O10/c1-11(16(26)32-22-13(23)8-9-14(22)24)29-15(25)10-12(17(27)30-19(2,3)4)21-18(28)31-20(5,6)7/h11-12H,8-10H2,1-7H3,(H,21,28)/t11-,12?/m0/s1. The Labute approximate surface area is 185 Å². The van der Waals surface area contributed by atoms with E-state index >= 15 is 0 Å². The van der Waals surface area contributed by atoms with Crippen LogP contribution < -0.4 is 5.32 Å². The van der Waals surface area contributed by atoms with Gasteiger partial charge in [-0.05, 0) is 48.5 Å². The summed E-state index contributed by atoms with van der Waals surface area (Å²) >= 11 is 0. The van der Waals surface area contributed by atoms with Crippen molar-refractivity contribution in [1.82, 2.24) is 10.4 Å². The van der Waals surface area contributed by atoms with E-state index in [1.807, 2.05) is 0 Å². The molecule has 12 nitrogen and oxygen atoms in total. The Morgan fingerprint density at radius 1 is 0.906 bits per heavy atom. The fourth-order valence-electron chi connectivity index (χ4n) is 2.30. The summed E-state index contributed by atoms with van der Waals surface area (Å²) in [6.07, 6.45) is -3.31. The first-order valence-corrected chi connectivity index (χ1v) is 9.98. The summed E-state index contributed by atoms with van der Waals surface area (Å²) in [5, 5.41) is 2.57. The van der Waals surface area contributed by atoms with Crippen molar-refractivity contribution in [2.45, 2.75) is 91.1 Å². The molecule has 0 bridgehead atoms. The molecule has 0 spiro atoms. The monoisotopic (exact) mass is 458 g/mol. The number of esters is 2. The van der Waals surface area contributed by atoms with Gasteiger partial charge in [-0.3, -0.25) is 14.4 Å². The van der Waals surface area contributed by atoms with E-state index in [1.165, 1.54) is 0 Å². The molecule has 0 saturated carbocycles. The van der Waals surface area contributed by atoms with Crippen LogP contribution in [0.1, 0.15) is 67.7 Å². The van der Waals surface area contributed by atoms with Gasteiger partial charge < -0.3 is 24.4 Å². The summed E-state index contributed by atoms with van der Waals surface area (Å²) in [6, 6.07) is -1.46. The lowest BCUT2D eigenvalue weighted by Crippen LogP contribution is -2.47. The van der Waals surface area contributed by atoms with E-state index in [9.17, 15) is 28.8 Å². The van der Waals surface area contributed by atoms with Gasteiger partial charge >= 0.3 is 24.0 Å². The first-order chi connectivity index (χ1) is 14.5. The number of imide groups is 1. The quantitative estimate of drug-likeness (QED) is 0.334. The molecule has 1 aliphatic heterocycles. The molecule has 1 aliphatic rings. The van der Waals surface area contributed by atoms with Crippen molar-refractivity contribution in [2.75, 3.05) is 0 Å². The molecule has 1 N–H and O–H groups in total. The number of hydrogen-bond donors (Lipinski definition) is 1. The molecule has 0 aromatic rings. The highest BCUT2D eigenvalue weighted by atomic mass is 16.7. The van der Waals surface area contributed by atoms with Crippen LogP contribution in [-0.4, -0.2) is 64.2 Å². The van der Waals surface area contributed by atoms with Crippen molar-refractivity contribution < 1.29 is 47.8 Å². The van der Waals surface area contributed by atoms with Crippen molar-refractivity contribution in [3.63, 3.8) is 0 Å². The SMILES string of the molecule is C[C@H](OC(=O)CC(NC(=O)OC(C)(C)C)C(=O)OC(C)(C)C)C(=O)ON1C(=O)CCC1=O. The molecule has 1 heterocycles. The molecule has 0 aliphatic carbocycles. The number of carbonyl (C=O) groups is 6. The lowest BCUT2D eigenvalue weighted by atomic mass is 10.1. The zero-order valence-electron chi connectivity index (χ0n) is 19.3. The molecule has 3 amide bonds. The van der Waals surface area contributed by atoms with E-state index in [0.717, 1.165) is 6.92 Å². The average Bonchev–Trinajstić information content (AvgIpc) is 2.89. The summed E-state index contributed by atoms with van der Waals surface area (Å²) in [6.45, 7) is 10.8. The molecule has 32 heavy (non-hydrogen) atoms. The number of hydrogen-bond acceptors (Lipinski definition) is 10. The Balaban J connectivity index is 2.77. The smallest absolute Gasteiger partial charge is 0.408 e. The minimum atomic E-state index is -1.50. The molecule has 1 saturated heterocycles. The predicted molar refractivity (Wildman–Crippen MR) is 106 cm³/mol. The minimum absolute atomic E-state index is 0.0891. The second-order valence-electron chi connectivity index (χ2n) is 9.06. The topological polar surface area (TPSA) is 155 Å². The highest BCUT2D eigenvalue weighted by molar-refractivity contribution is 6.01. The largest absolute Gasteiger partial charge is 0.458 e. The second-order valence-corrected chi connectivity index (χ2v) is 9.06. The lowest BCUT2D eigenvalue weighted by Gasteiger charge is -2.26. The molecule has 1 unspecified atom stereocenters. The summed E-state index contributed by atoms with van der Waals surface area (Å²) in [5.74, 6) is -4.48. The van der Waals surface area contributed by atoms with Gasteiger partial charge in [0.2, 0.25) is 0 Å². The molecule has 0 radical (unpaired) electrons. The number of amides is 3. The Bertz CT molecular complexity index is 762. The highest BCUT2D eigenvalue weighted by Gasteiger charge is 2.36. The number of alkyl carbamates (subject to hydrolysis) is 1. The van der Waals surface area contributed by atoms with Gasteiger partial charge in [0.1, 0.15) is 17.2 Å². The van der Waals surface area contributed by atoms with Crippen molar-refractivity contribution in [1.29, 1.82) is 0 Å². The third-order valence-corrected chi connectivity index (χ3v) is 3.58. The number of rotatable bonds is 7. The van der Waals surface area contributed by atoms with Gasteiger partial charge in [-0.2, -0.15) is 0 Å². The Kier molecular flexibility index (Phi) is 8.75. The van der Waals surface area contributed by atoms with Crippen LogP contribution in [0.3, 0.4) is 0 Å². The summed E-state index contributed by atoms with van der Waals surface area (Å²) in [7, 11) is 0. The number of nitrogens with one attached hydrogen (secondary N) is 1. The molecular weight excluding hydrogens is 428 g/mol. The van der Waals surface area contributed by atoms with Gasteiger partial charge in [-0.25, -0.2) is 14.4 Å². The average molecular weight is 458 g/mol. The first kappa shape index (κ1) is 26.9. The van der Waals surface area contributed by atoms with E-state index in [-0.39, 0.29) is 12.8 Å². The maximum Gasteiger partial charge on any atom is 0.408 e. The number of carbonyl (C=O) groups excluding carboxylic acids is 6. The summed E-state index contributed by atoms with van der Waals surface area (Å²) in [5.41, 5.74) is -1.76. The summed E-state index contributed by atoms with van der Waals surface area (Å²) in [4.78, 5) is 76.6. The van der Waals surface area contributed by atoms with Crippen molar-refractivity contribution in [2.24, 2.45) is 0 Å². The van der Waals surface area contributed by atoms with Crippen molar-refractivity contribution in [3.8, 4) is 0 Å². The van der Waals surface area contributed by atoms with Crippen LogP contribution in [0.15, 0.2) is 0 Å². The van der Waals surface area contributed by atoms with Crippen LogP contribution in [0.2, 0.25) is 0 Å². The van der Waals surface area contributed by atoms with Gasteiger partial charge in [0, 0.05) is 12.8 Å². The van der Waals surface area contributed by atoms with Crippen LogP contribution in [0, 0.1) is 0 Å². The normalized spacial score (nSPS) is 16.2. The molecule has 2 atom stereocenters. The van der Waals surface area contributed by atoms with E-state index in [2.05, 4.69) is 10.2 Å². The first-order valence-electron chi connectivity index (χ1n) is 9.98. The van der Waals surface area contributed by atoms with E-state index in [1.54, 1.807) is 41.5 Å². The van der Waals surface area contributed by atoms with Crippen LogP contribution in [0.25, 0.3) is 0 Å². The van der Waals surface area contributed by atoms with Gasteiger partial charge in [0.05, 0.1) is 6.42 Å². The van der Waals surface area contributed by atoms with E-state index in [0.29, 0.717) is 5.06 Å². The molecule has 1 fully saturated rings. The van der Waals surface area contributed by atoms with E-state index < -0.39 is 65.6 Å². The fraction of sp³-hybridized carbons (Fsp3) is 0.700. The minimum Gasteiger partial charge on any atom is -0.458 e. The molecule has 0 aromatic heterocycles. The van der Waals surface area contributed by atoms with E-state index in [4.69, 9.17) is 14.2 Å². The maximum absolute atomic E-state index is 12.4. The third-order valence-electron chi connectivity index (χ3n) is 3.58. The predicted octanol–water partition coefficient (Wildman–Crippen LogP) is 1.15. The molecule has 180 valence electrons. The van der Waals surface area contributed by atoms with Crippen LogP contribution >= 0.6 is 0 Å².